The quantitative estimate of drug-likeness (QED) is 0.289. The molecule has 0 unspecified atom stereocenters. The summed E-state index contributed by atoms with van der Waals surface area (Å²) in [7, 11) is 1.29. The predicted octanol–water partition coefficient (Wildman–Crippen LogP) is 9.36. The molecule has 5 aliphatic carbocycles. The Kier molecular flexibility index (Phi) is 6.66. The summed E-state index contributed by atoms with van der Waals surface area (Å²) in [6.45, 7) is 22.0. The van der Waals surface area contributed by atoms with Crippen LogP contribution in [0.1, 0.15) is 122 Å². The number of hydrogen-bond donors (Lipinski definition) is 1. The van der Waals surface area contributed by atoms with Gasteiger partial charge in [-0.3, -0.25) is 0 Å². The van der Waals surface area contributed by atoms with E-state index >= 15 is 4.39 Å². The number of methoxy groups -OCH3 is 1. The average molecular weight is 576 g/mol. The summed E-state index contributed by atoms with van der Waals surface area (Å²) in [6.07, 6.45) is 13.1. The Hall–Kier alpha value is -1.94. The number of carbonyl (C=O) groups is 1. The van der Waals surface area contributed by atoms with Crippen LogP contribution in [0.5, 0.6) is 0 Å². The van der Waals surface area contributed by atoms with Crippen LogP contribution in [0.4, 0.5) is 4.39 Å². The van der Waals surface area contributed by atoms with Crippen molar-refractivity contribution in [3.05, 3.63) is 53.4 Å². The van der Waals surface area contributed by atoms with Gasteiger partial charge in [-0.2, -0.15) is 0 Å². The van der Waals surface area contributed by atoms with Crippen LogP contribution in [0.25, 0.3) is 5.57 Å². The second-order valence-corrected chi connectivity index (χ2v) is 16.8. The standard InChI is InChI=1S/C38H54FNO2/c1-23(2)25-12-19-38(40)21-20-37(8)35(6)17-14-29-33(3,4)27(24-10-11-26(28(39)22-24)32(41)42-9)13-16-34(29,5)30(35)15-18-36(37,7)31(25)38/h10-11,13,22,25,29-31H,1,12,14-21,40H2,2-9H3/t25-,29-,30+,31+,34-,35+,36+,37-,38-/m0/s1. The van der Waals surface area contributed by atoms with Crippen molar-refractivity contribution in [1.29, 1.82) is 0 Å². The number of nitrogens with two attached hydrogens (primary N) is 1. The van der Waals surface area contributed by atoms with Crippen LogP contribution >= 0.6 is 0 Å². The van der Waals surface area contributed by atoms with Gasteiger partial charge in [0.05, 0.1) is 12.7 Å². The Labute approximate surface area is 253 Å². The third-order valence-electron chi connectivity index (χ3n) is 15.1. The highest BCUT2D eigenvalue weighted by Gasteiger charge is 2.73. The lowest BCUT2D eigenvalue weighted by Crippen LogP contribution is -2.71. The minimum atomic E-state index is -0.630. The van der Waals surface area contributed by atoms with E-state index in [9.17, 15) is 4.79 Å². The van der Waals surface area contributed by atoms with Gasteiger partial charge in [0.2, 0.25) is 0 Å². The summed E-state index contributed by atoms with van der Waals surface area (Å²) < 4.78 is 19.8. The first-order valence-electron chi connectivity index (χ1n) is 16.5. The number of hydrogen-bond acceptors (Lipinski definition) is 3. The molecular formula is C38H54FNO2. The van der Waals surface area contributed by atoms with Crippen LogP contribution in [0.15, 0.2) is 36.4 Å². The van der Waals surface area contributed by atoms with Crippen molar-refractivity contribution in [3.63, 3.8) is 0 Å². The summed E-state index contributed by atoms with van der Waals surface area (Å²) in [5, 5.41) is 0. The molecule has 230 valence electrons. The zero-order valence-electron chi connectivity index (χ0n) is 27.5. The molecule has 5 aliphatic rings. The number of benzene rings is 1. The molecule has 0 radical (unpaired) electrons. The second kappa shape index (κ2) is 9.29. The van der Waals surface area contributed by atoms with Gasteiger partial charge in [-0.15, -0.1) is 0 Å². The summed E-state index contributed by atoms with van der Waals surface area (Å²) in [4.78, 5) is 12.0. The van der Waals surface area contributed by atoms with Crippen LogP contribution in [-0.2, 0) is 4.74 Å². The third-order valence-corrected chi connectivity index (χ3v) is 15.1. The van der Waals surface area contributed by atoms with Crippen LogP contribution < -0.4 is 5.73 Å². The molecule has 0 bridgehead atoms. The number of rotatable bonds is 3. The molecule has 0 aliphatic heterocycles. The molecule has 0 spiro atoms. The van der Waals surface area contributed by atoms with E-state index in [-0.39, 0.29) is 38.2 Å². The maximum absolute atomic E-state index is 15.1. The van der Waals surface area contributed by atoms with Crippen molar-refractivity contribution >= 4 is 11.5 Å². The Bertz CT molecular complexity index is 1360. The second-order valence-electron chi connectivity index (χ2n) is 16.8. The van der Waals surface area contributed by atoms with E-state index in [4.69, 9.17) is 10.5 Å². The molecule has 1 aromatic carbocycles. The first-order chi connectivity index (χ1) is 19.5. The number of ether oxygens (including phenoxy) is 1. The largest absolute Gasteiger partial charge is 0.465 e. The zero-order valence-corrected chi connectivity index (χ0v) is 27.5. The molecule has 0 heterocycles. The highest BCUT2D eigenvalue weighted by Crippen LogP contribution is 2.79. The molecule has 4 fully saturated rings. The van der Waals surface area contributed by atoms with E-state index in [0.29, 0.717) is 23.7 Å². The minimum Gasteiger partial charge on any atom is -0.465 e. The van der Waals surface area contributed by atoms with E-state index in [2.05, 4.69) is 61.1 Å². The summed E-state index contributed by atoms with van der Waals surface area (Å²) in [6, 6.07) is 5.04. The fraction of sp³-hybridized carbons (Fsp3) is 0.711. The molecule has 0 amide bonds. The minimum absolute atomic E-state index is 0.00244. The molecular weight excluding hydrogens is 521 g/mol. The topological polar surface area (TPSA) is 52.3 Å². The number of fused-ring (bicyclic) bond motifs is 7. The van der Waals surface area contributed by atoms with Gasteiger partial charge in [0.25, 0.3) is 0 Å². The Morgan fingerprint density at radius 1 is 0.952 bits per heavy atom. The van der Waals surface area contributed by atoms with E-state index in [0.717, 1.165) is 24.8 Å². The molecule has 42 heavy (non-hydrogen) atoms. The number of halogens is 1. The first-order valence-corrected chi connectivity index (χ1v) is 16.5. The SMILES string of the molecule is C=C(C)[C@@H]1CC[C@]2(N)CC[C@@]3(C)[C@]4(C)CC[C@H]5C(C)(C)C(c6ccc(C(=O)OC)c(F)c6)=CC[C@]5(C)[C@H]4CC[C@]3(C)[C@@H]12. The fourth-order valence-corrected chi connectivity index (χ4v) is 12.9. The van der Waals surface area contributed by atoms with Gasteiger partial charge in [0, 0.05) is 5.54 Å². The van der Waals surface area contributed by atoms with Gasteiger partial charge >= 0.3 is 5.97 Å². The Morgan fingerprint density at radius 2 is 1.62 bits per heavy atom. The Balaban J connectivity index is 1.38. The third kappa shape index (κ3) is 3.63. The van der Waals surface area contributed by atoms with Gasteiger partial charge in [0.1, 0.15) is 5.82 Å². The van der Waals surface area contributed by atoms with Gasteiger partial charge in [-0.1, -0.05) is 65.8 Å². The van der Waals surface area contributed by atoms with E-state index in [1.54, 1.807) is 12.1 Å². The molecule has 4 heteroatoms. The molecule has 2 N–H and O–H groups in total. The van der Waals surface area contributed by atoms with Crippen molar-refractivity contribution in [3.8, 4) is 0 Å². The molecule has 3 nitrogen and oxygen atoms in total. The fourth-order valence-electron chi connectivity index (χ4n) is 12.9. The van der Waals surface area contributed by atoms with Crippen LogP contribution in [0, 0.1) is 56.6 Å². The molecule has 0 saturated heterocycles. The van der Waals surface area contributed by atoms with Crippen molar-refractivity contribution in [2.24, 2.45) is 56.5 Å². The molecule has 9 atom stereocenters. The predicted molar refractivity (Wildman–Crippen MR) is 169 cm³/mol. The monoisotopic (exact) mass is 575 g/mol. The maximum Gasteiger partial charge on any atom is 0.340 e. The van der Waals surface area contributed by atoms with Gasteiger partial charge < -0.3 is 10.5 Å². The first kappa shape index (κ1) is 30.1. The summed E-state index contributed by atoms with van der Waals surface area (Å²) >= 11 is 0. The maximum atomic E-state index is 15.1. The number of carbonyl (C=O) groups excluding carboxylic acids is 1. The normalized spacial score (nSPS) is 45.5. The van der Waals surface area contributed by atoms with Gasteiger partial charge in [-0.25, -0.2) is 9.18 Å². The highest BCUT2D eigenvalue weighted by atomic mass is 19.1. The van der Waals surface area contributed by atoms with Crippen molar-refractivity contribution in [2.45, 2.75) is 112 Å². The number of allylic oxidation sites excluding steroid dienone is 3. The van der Waals surface area contributed by atoms with Gasteiger partial charge in [-0.05, 0) is 139 Å². The van der Waals surface area contributed by atoms with E-state index in [1.807, 2.05) is 6.07 Å². The van der Waals surface area contributed by atoms with Crippen molar-refractivity contribution in [1.82, 2.24) is 0 Å². The lowest BCUT2D eigenvalue weighted by molar-refractivity contribution is -0.253. The zero-order chi connectivity index (χ0) is 30.7. The highest BCUT2D eigenvalue weighted by molar-refractivity contribution is 5.90. The Morgan fingerprint density at radius 3 is 2.26 bits per heavy atom. The smallest absolute Gasteiger partial charge is 0.340 e. The summed E-state index contributed by atoms with van der Waals surface area (Å²) in [5.41, 5.74) is 11.5. The van der Waals surface area contributed by atoms with Gasteiger partial charge in [0.15, 0.2) is 0 Å². The van der Waals surface area contributed by atoms with E-state index in [1.165, 1.54) is 56.8 Å². The molecule has 6 rings (SSSR count). The van der Waals surface area contributed by atoms with Crippen LogP contribution in [0.3, 0.4) is 0 Å². The van der Waals surface area contributed by atoms with Crippen molar-refractivity contribution in [2.75, 3.05) is 7.11 Å². The number of esters is 1. The van der Waals surface area contributed by atoms with Crippen LogP contribution in [0.2, 0.25) is 0 Å². The lowest BCUT2D eigenvalue weighted by Gasteiger charge is -2.75. The van der Waals surface area contributed by atoms with Crippen molar-refractivity contribution < 1.29 is 13.9 Å². The summed E-state index contributed by atoms with van der Waals surface area (Å²) in [5.74, 6) is 1.06. The lowest BCUT2D eigenvalue weighted by atomic mass is 9.29. The average Bonchev–Trinajstić information content (AvgIpc) is 3.28. The van der Waals surface area contributed by atoms with Crippen LogP contribution in [-0.4, -0.2) is 18.6 Å². The molecule has 0 aromatic heterocycles. The molecule has 1 aromatic rings. The molecule has 4 saturated carbocycles. The van der Waals surface area contributed by atoms with E-state index < -0.39 is 11.8 Å².